The lowest BCUT2D eigenvalue weighted by Crippen LogP contribution is -2.21. The van der Waals surface area contributed by atoms with Crippen LogP contribution < -0.4 is 0 Å². The number of carboxylic acids is 1. The van der Waals surface area contributed by atoms with E-state index in [0.717, 1.165) is 22.9 Å². The van der Waals surface area contributed by atoms with E-state index < -0.39 is 5.97 Å². The summed E-state index contributed by atoms with van der Waals surface area (Å²) in [5.74, 6) is 0.432. The van der Waals surface area contributed by atoms with E-state index in [0.29, 0.717) is 10.8 Å². The predicted molar refractivity (Wildman–Crippen MR) is 75.3 cm³/mol. The van der Waals surface area contributed by atoms with Crippen LogP contribution in [0.25, 0.3) is 0 Å². The van der Waals surface area contributed by atoms with Gasteiger partial charge in [0, 0.05) is 5.71 Å². The van der Waals surface area contributed by atoms with Gasteiger partial charge >= 0.3 is 5.97 Å². The summed E-state index contributed by atoms with van der Waals surface area (Å²) >= 11 is 1.28. The van der Waals surface area contributed by atoms with Crippen LogP contribution in [0, 0.1) is 18.8 Å². The Balaban J connectivity index is 2.24. The molecule has 98 valence electrons. The minimum absolute atomic E-state index is 0.378. The van der Waals surface area contributed by atoms with Crippen LogP contribution in [-0.2, 0) is 0 Å². The van der Waals surface area contributed by atoms with Crippen LogP contribution in [-0.4, -0.2) is 16.8 Å². The minimum atomic E-state index is -0.861. The highest BCUT2D eigenvalue weighted by molar-refractivity contribution is 7.17. The van der Waals surface area contributed by atoms with Gasteiger partial charge in [-0.25, -0.2) is 9.79 Å². The van der Waals surface area contributed by atoms with E-state index in [4.69, 9.17) is 10.1 Å². The topological polar surface area (TPSA) is 49.7 Å². The van der Waals surface area contributed by atoms with Crippen LogP contribution in [0.2, 0.25) is 0 Å². The Hall–Kier alpha value is -1.16. The predicted octanol–water partition coefficient (Wildman–Crippen LogP) is 4.28. The second kappa shape index (κ2) is 5.22. The maximum atomic E-state index is 10.9. The lowest BCUT2D eigenvalue weighted by atomic mass is 9.82. The highest BCUT2D eigenvalue weighted by atomic mass is 32.1. The van der Waals surface area contributed by atoms with Gasteiger partial charge in [0.2, 0.25) is 0 Å². The molecule has 4 heteroatoms. The standard InChI is InChI=1S/C14H19NO2S/c1-8-4-5-11(9(2)6-8)15-13-10(3)7-12(18-13)14(16)17/h7-9H,4-6H2,1-3H3,(H,16,17)/b15-11-. The summed E-state index contributed by atoms with van der Waals surface area (Å²) in [6, 6.07) is 1.71. The van der Waals surface area contributed by atoms with Gasteiger partial charge in [0.15, 0.2) is 0 Å². The smallest absolute Gasteiger partial charge is 0.345 e. The number of hydrogen-bond acceptors (Lipinski definition) is 3. The Bertz CT molecular complexity index is 490. The highest BCUT2D eigenvalue weighted by Gasteiger charge is 2.21. The number of carboxylic acid groups (broad SMARTS) is 1. The number of aryl methyl sites for hydroxylation is 1. The average molecular weight is 265 g/mol. The molecule has 1 aliphatic rings. The number of thiophene rings is 1. The number of hydrogen-bond donors (Lipinski definition) is 1. The van der Waals surface area contributed by atoms with Gasteiger partial charge in [-0.05, 0) is 49.7 Å². The molecule has 2 unspecified atom stereocenters. The quantitative estimate of drug-likeness (QED) is 0.867. The summed E-state index contributed by atoms with van der Waals surface area (Å²) < 4.78 is 0. The van der Waals surface area contributed by atoms with Gasteiger partial charge < -0.3 is 5.11 Å². The fourth-order valence-corrected chi connectivity index (χ4v) is 3.40. The SMILES string of the molecule is Cc1cc(C(=O)O)sc1/N=C1/CCC(C)CC1C. The summed E-state index contributed by atoms with van der Waals surface area (Å²) in [5, 5.41) is 9.84. The molecule has 1 aromatic rings. The first-order valence-corrected chi connectivity index (χ1v) is 7.20. The Morgan fingerprint density at radius 3 is 2.78 bits per heavy atom. The van der Waals surface area contributed by atoms with Crippen molar-refractivity contribution in [3.63, 3.8) is 0 Å². The largest absolute Gasteiger partial charge is 0.477 e. The lowest BCUT2D eigenvalue weighted by molar-refractivity contribution is 0.0702. The second-order valence-electron chi connectivity index (χ2n) is 5.29. The third-order valence-electron chi connectivity index (χ3n) is 3.57. The summed E-state index contributed by atoms with van der Waals surface area (Å²) in [4.78, 5) is 16.0. The van der Waals surface area contributed by atoms with Gasteiger partial charge in [0.1, 0.15) is 9.88 Å². The van der Waals surface area contributed by atoms with Gasteiger partial charge in [-0.15, -0.1) is 11.3 Å². The first-order valence-electron chi connectivity index (χ1n) is 6.38. The summed E-state index contributed by atoms with van der Waals surface area (Å²) in [6.45, 7) is 6.43. The van der Waals surface area contributed by atoms with Crippen molar-refractivity contribution in [1.82, 2.24) is 0 Å². The van der Waals surface area contributed by atoms with Crippen LogP contribution in [0.3, 0.4) is 0 Å². The van der Waals surface area contributed by atoms with Crippen LogP contribution in [0.15, 0.2) is 11.1 Å². The molecular formula is C14H19NO2S. The molecular weight excluding hydrogens is 246 g/mol. The summed E-state index contributed by atoms with van der Waals surface area (Å²) in [6.07, 6.45) is 3.43. The number of carbonyl (C=O) groups is 1. The third-order valence-corrected chi connectivity index (χ3v) is 4.68. The zero-order chi connectivity index (χ0) is 13.3. The van der Waals surface area contributed by atoms with Crippen LogP contribution in [0.4, 0.5) is 5.00 Å². The first kappa shape index (κ1) is 13.3. The molecule has 18 heavy (non-hydrogen) atoms. The molecule has 0 radical (unpaired) electrons. The lowest BCUT2D eigenvalue weighted by Gasteiger charge is -2.25. The molecule has 0 spiro atoms. The Kier molecular flexibility index (Phi) is 3.85. The third kappa shape index (κ3) is 2.80. The monoisotopic (exact) mass is 265 g/mol. The molecule has 0 aliphatic heterocycles. The van der Waals surface area contributed by atoms with E-state index in [1.807, 2.05) is 6.92 Å². The summed E-state index contributed by atoms with van der Waals surface area (Å²) in [7, 11) is 0. The maximum Gasteiger partial charge on any atom is 0.345 e. The van der Waals surface area contributed by atoms with Crippen molar-refractivity contribution in [2.24, 2.45) is 16.8 Å². The Labute approximate surface area is 112 Å². The van der Waals surface area contributed by atoms with Crippen molar-refractivity contribution in [3.8, 4) is 0 Å². The normalized spacial score (nSPS) is 26.5. The maximum absolute atomic E-state index is 10.9. The highest BCUT2D eigenvalue weighted by Crippen LogP contribution is 2.34. The zero-order valence-corrected chi connectivity index (χ0v) is 11.9. The minimum Gasteiger partial charge on any atom is -0.477 e. The molecule has 1 N–H and O–H groups in total. The molecule has 0 bridgehead atoms. The molecule has 0 aromatic carbocycles. The molecule has 0 amide bonds. The molecule has 0 saturated heterocycles. The fraction of sp³-hybridized carbons (Fsp3) is 0.571. The van der Waals surface area contributed by atoms with E-state index in [2.05, 4.69) is 13.8 Å². The van der Waals surface area contributed by atoms with Crippen molar-refractivity contribution >= 4 is 28.0 Å². The average Bonchev–Trinajstić information content (AvgIpc) is 2.64. The number of aromatic carboxylic acids is 1. The van der Waals surface area contributed by atoms with Crippen molar-refractivity contribution < 1.29 is 9.90 Å². The molecule has 3 nitrogen and oxygen atoms in total. The van der Waals surface area contributed by atoms with Crippen LogP contribution in [0.5, 0.6) is 0 Å². The molecule has 1 aliphatic carbocycles. The van der Waals surface area contributed by atoms with Gasteiger partial charge in [-0.2, -0.15) is 0 Å². The van der Waals surface area contributed by atoms with Crippen LogP contribution in [0.1, 0.15) is 48.3 Å². The molecule has 2 rings (SSSR count). The first-order chi connectivity index (χ1) is 8.47. The van der Waals surface area contributed by atoms with E-state index in [1.54, 1.807) is 6.07 Å². The second-order valence-corrected chi connectivity index (χ2v) is 6.32. The number of nitrogens with zero attached hydrogens (tertiary/aromatic N) is 1. The van der Waals surface area contributed by atoms with Crippen molar-refractivity contribution in [1.29, 1.82) is 0 Å². The molecule has 1 heterocycles. The van der Waals surface area contributed by atoms with Gasteiger partial charge in [0.05, 0.1) is 0 Å². The van der Waals surface area contributed by atoms with Crippen LogP contribution >= 0.6 is 11.3 Å². The van der Waals surface area contributed by atoms with E-state index in [-0.39, 0.29) is 0 Å². The molecule has 2 atom stereocenters. The van der Waals surface area contributed by atoms with E-state index in [1.165, 1.54) is 29.9 Å². The zero-order valence-electron chi connectivity index (χ0n) is 11.1. The van der Waals surface area contributed by atoms with Crippen molar-refractivity contribution in [3.05, 3.63) is 16.5 Å². The van der Waals surface area contributed by atoms with Gasteiger partial charge in [-0.1, -0.05) is 13.8 Å². The molecule has 1 fully saturated rings. The van der Waals surface area contributed by atoms with Gasteiger partial charge in [-0.3, -0.25) is 0 Å². The molecule has 1 aromatic heterocycles. The van der Waals surface area contributed by atoms with Gasteiger partial charge in [0.25, 0.3) is 0 Å². The van der Waals surface area contributed by atoms with E-state index >= 15 is 0 Å². The Morgan fingerprint density at radius 1 is 1.50 bits per heavy atom. The van der Waals surface area contributed by atoms with Crippen molar-refractivity contribution in [2.45, 2.75) is 40.0 Å². The Morgan fingerprint density at radius 2 is 2.22 bits per heavy atom. The fourth-order valence-electron chi connectivity index (χ4n) is 2.48. The number of aliphatic imine (C=N–C) groups is 1. The van der Waals surface area contributed by atoms with E-state index in [9.17, 15) is 4.79 Å². The molecule has 1 saturated carbocycles. The summed E-state index contributed by atoms with van der Waals surface area (Å²) in [5.41, 5.74) is 2.20. The number of rotatable bonds is 2. The van der Waals surface area contributed by atoms with Crippen molar-refractivity contribution in [2.75, 3.05) is 0 Å².